The molecule has 0 spiro atoms. The van der Waals surface area contributed by atoms with Crippen LogP contribution in [0.15, 0.2) is 60.9 Å². The van der Waals surface area contributed by atoms with Crippen LogP contribution in [-0.4, -0.2) is 49.4 Å². The molecule has 1 atom stereocenters. The minimum absolute atomic E-state index is 0.113. The Kier molecular flexibility index (Phi) is 6.46. The molecule has 198 valence electrons. The van der Waals surface area contributed by atoms with Crippen LogP contribution in [0.5, 0.6) is 11.5 Å². The lowest BCUT2D eigenvalue weighted by molar-refractivity contribution is -0.000317. The van der Waals surface area contributed by atoms with Crippen LogP contribution < -0.4 is 10.5 Å². The average Bonchev–Trinajstić information content (AvgIpc) is 3.24. The number of carbonyl (C=O) groups excluding carboxylic acids is 1. The molecule has 9 heteroatoms. The van der Waals surface area contributed by atoms with E-state index >= 15 is 0 Å². The Morgan fingerprint density at radius 2 is 1.71 bits per heavy atom. The van der Waals surface area contributed by atoms with Gasteiger partial charge in [0.1, 0.15) is 34.9 Å². The zero-order valence-corrected chi connectivity index (χ0v) is 22.5. The van der Waals surface area contributed by atoms with Gasteiger partial charge in [-0.05, 0) is 69.0 Å². The number of nitrogens with zero attached hydrogens (tertiary/aromatic N) is 5. The number of nitrogen functional groups attached to an aromatic ring is 1. The molecular formula is C29H34N6O3. The summed E-state index contributed by atoms with van der Waals surface area (Å²) in [5, 5.41) is 5.70. The summed E-state index contributed by atoms with van der Waals surface area (Å²) in [5.74, 6) is 1.84. The third-order valence-electron chi connectivity index (χ3n) is 6.46. The predicted octanol–water partition coefficient (Wildman–Crippen LogP) is 6.08. The molecule has 9 nitrogen and oxygen atoms in total. The summed E-state index contributed by atoms with van der Waals surface area (Å²) < 4.78 is 13.5. The maximum Gasteiger partial charge on any atom is 0.410 e. The number of ether oxygens (including phenoxy) is 2. The van der Waals surface area contributed by atoms with Crippen molar-refractivity contribution in [2.45, 2.75) is 52.7 Å². The first-order chi connectivity index (χ1) is 18.0. The van der Waals surface area contributed by atoms with Gasteiger partial charge in [0.2, 0.25) is 0 Å². The van der Waals surface area contributed by atoms with E-state index in [1.807, 2.05) is 80.1 Å². The highest BCUT2D eigenvalue weighted by molar-refractivity contribution is 5.98. The molecule has 1 saturated heterocycles. The zero-order valence-electron chi connectivity index (χ0n) is 22.5. The lowest BCUT2D eigenvalue weighted by atomic mass is 9.82. The normalized spacial score (nSPS) is 17.4. The maximum atomic E-state index is 13.0. The first kappa shape index (κ1) is 25.5. The first-order valence-corrected chi connectivity index (χ1v) is 12.8. The minimum Gasteiger partial charge on any atom is -0.457 e. The number of carbonyl (C=O) groups is 1. The SMILES string of the molecule is CC1(C)C[C@@H](n2nc(-c3ccc(Oc4ccccc4)cc3)c3c(N)ncnc32)CN(C(=O)OC(C)(C)C)C1. The van der Waals surface area contributed by atoms with Gasteiger partial charge in [-0.3, -0.25) is 0 Å². The largest absolute Gasteiger partial charge is 0.457 e. The van der Waals surface area contributed by atoms with E-state index in [1.54, 1.807) is 4.90 Å². The van der Waals surface area contributed by atoms with Crippen LogP contribution in [0.1, 0.15) is 47.1 Å². The van der Waals surface area contributed by atoms with Gasteiger partial charge in [0.15, 0.2) is 5.65 Å². The molecule has 0 aliphatic carbocycles. The molecule has 2 aromatic heterocycles. The predicted molar refractivity (Wildman–Crippen MR) is 147 cm³/mol. The molecule has 0 saturated carbocycles. The first-order valence-electron chi connectivity index (χ1n) is 12.8. The van der Waals surface area contributed by atoms with Crippen molar-refractivity contribution in [2.75, 3.05) is 18.8 Å². The molecule has 5 rings (SSSR count). The molecule has 2 aromatic carbocycles. The molecule has 38 heavy (non-hydrogen) atoms. The van der Waals surface area contributed by atoms with E-state index in [1.165, 1.54) is 6.33 Å². The van der Waals surface area contributed by atoms with Gasteiger partial charge in [-0.1, -0.05) is 32.0 Å². The van der Waals surface area contributed by atoms with E-state index in [0.29, 0.717) is 35.6 Å². The van der Waals surface area contributed by atoms with Gasteiger partial charge >= 0.3 is 6.09 Å². The van der Waals surface area contributed by atoms with Crippen molar-refractivity contribution in [1.82, 2.24) is 24.6 Å². The highest BCUT2D eigenvalue weighted by Gasteiger charge is 2.39. The summed E-state index contributed by atoms with van der Waals surface area (Å²) in [6, 6.07) is 17.2. The van der Waals surface area contributed by atoms with Gasteiger partial charge in [-0.2, -0.15) is 5.10 Å². The maximum absolute atomic E-state index is 13.0. The van der Waals surface area contributed by atoms with Gasteiger partial charge in [-0.25, -0.2) is 19.4 Å². The van der Waals surface area contributed by atoms with Gasteiger partial charge in [-0.15, -0.1) is 0 Å². The number of hydrogen-bond acceptors (Lipinski definition) is 7. The number of anilines is 1. The number of amides is 1. The van der Waals surface area contributed by atoms with Crippen molar-refractivity contribution < 1.29 is 14.3 Å². The lowest BCUT2D eigenvalue weighted by Crippen LogP contribution is -2.49. The quantitative estimate of drug-likeness (QED) is 0.352. The zero-order chi connectivity index (χ0) is 27.1. The Morgan fingerprint density at radius 1 is 1.03 bits per heavy atom. The van der Waals surface area contributed by atoms with Crippen molar-refractivity contribution in [1.29, 1.82) is 0 Å². The number of likely N-dealkylation sites (tertiary alicyclic amines) is 1. The molecule has 0 bridgehead atoms. The van der Waals surface area contributed by atoms with E-state index in [0.717, 1.165) is 23.5 Å². The number of nitrogens with two attached hydrogens (primary N) is 1. The molecule has 0 unspecified atom stereocenters. The van der Waals surface area contributed by atoms with Crippen LogP contribution >= 0.6 is 0 Å². The van der Waals surface area contributed by atoms with E-state index in [9.17, 15) is 4.79 Å². The summed E-state index contributed by atoms with van der Waals surface area (Å²) in [6.07, 6.45) is 1.95. The van der Waals surface area contributed by atoms with Gasteiger partial charge in [0, 0.05) is 18.7 Å². The number of para-hydroxylation sites is 1. The van der Waals surface area contributed by atoms with Crippen molar-refractivity contribution in [3.63, 3.8) is 0 Å². The molecule has 1 aliphatic heterocycles. The summed E-state index contributed by atoms with van der Waals surface area (Å²) >= 11 is 0. The molecule has 3 heterocycles. The second-order valence-corrected chi connectivity index (χ2v) is 11.6. The Bertz CT molecular complexity index is 1440. The Morgan fingerprint density at radius 3 is 2.39 bits per heavy atom. The van der Waals surface area contributed by atoms with E-state index in [-0.39, 0.29) is 17.6 Å². The molecule has 1 fully saturated rings. The van der Waals surface area contributed by atoms with Crippen LogP contribution in [0.4, 0.5) is 10.6 Å². The monoisotopic (exact) mass is 514 g/mol. The van der Waals surface area contributed by atoms with Gasteiger partial charge < -0.3 is 20.1 Å². The second kappa shape index (κ2) is 9.63. The number of hydrogen-bond donors (Lipinski definition) is 1. The third kappa shape index (κ3) is 5.41. The number of aromatic nitrogens is 4. The second-order valence-electron chi connectivity index (χ2n) is 11.6. The minimum atomic E-state index is -0.572. The average molecular weight is 515 g/mol. The van der Waals surface area contributed by atoms with Crippen LogP contribution in [0.3, 0.4) is 0 Å². The summed E-state index contributed by atoms with van der Waals surface area (Å²) in [5.41, 5.74) is 7.84. The Hall–Kier alpha value is -4.14. The van der Waals surface area contributed by atoms with Crippen LogP contribution in [0, 0.1) is 5.41 Å². The van der Waals surface area contributed by atoms with Crippen LogP contribution in [-0.2, 0) is 4.74 Å². The number of fused-ring (bicyclic) bond motifs is 1. The Labute approximate surface area is 222 Å². The lowest BCUT2D eigenvalue weighted by Gasteiger charge is -2.42. The highest BCUT2D eigenvalue weighted by atomic mass is 16.6. The summed E-state index contributed by atoms with van der Waals surface area (Å²) in [4.78, 5) is 23.6. The molecule has 1 amide bonds. The van der Waals surface area contributed by atoms with Gasteiger partial charge in [0.05, 0.1) is 11.4 Å². The van der Waals surface area contributed by atoms with E-state index in [4.69, 9.17) is 20.3 Å². The topological polar surface area (TPSA) is 108 Å². The van der Waals surface area contributed by atoms with Crippen molar-refractivity contribution in [3.8, 4) is 22.8 Å². The van der Waals surface area contributed by atoms with Crippen molar-refractivity contribution in [3.05, 3.63) is 60.9 Å². The van der Waals surface area contributed by atoms with Crippen LogP contribution in [0.2, 0.25) is 0 Å². The molecular weight excluding hydrogens is 480 g/mol. The highest BCUT2D eigenvalue weighted by Crippen LogP contribution is 2.39. The smallest absolute Gasteiger partial charge is 0.410 e. The summed E-state index contributed by atoms with van der Waals surface area (Å²) in [6.45, 7) is 11.0. The fourth-order valence-corrected chi connectivity index (χ4v) is 4.99. The molecule has 1 aliphatic rings. The fourth-order valence-electron chi connectivity index (χ4n) is 4.99. The van der Waals surface area contributed by atoms with Crippen molar-refractivity contribution in [2.24, 2.45) is 5.41 Å². The number of benzene rings is 2. The number of rotatable bonds is 4. The standard InChI is InChI=1S/C29H34N6O3/c1-28(2,3)38-27(36)34-16-20(15-29(4,5)17-34)35-26-23(25(30)31-18-32-26)24(33-35)19-11-13-22(14-12-19)37-21-9-7-6-8-10-21/h6-14,18,20H,15-17H2,1-5H3,(H2,30,31,32)/t20-/m1/s1. The fraction of sp³-hybridized carbons (Fsp3) is 0.379. The van der Waals surface area contributed by atoms with Crippen LogP contribution in [0.25, 0.3) is 22.3 Å². The van der Waals surface area contributed by atoms with E-state index in [2.05, 4.69) is 23.8 Å². The summed E-state index contributed by atoms with van der Waals surface area (Å²) in [7, 11) is 0. The van der Waals surface area contributed by atoms with Gasteiger partial charge in [0.25, 0.3) is 0 Å². The Balaban J connectivity index is 1.49. The molecule has 2 N–H and O–H groups in total. The van der Waals surface area contributed by atoms with Crippen molar-refractivity contribution >= 4 is 22.9 Å². The van der Waals surface area contributed by atoms with E-state index < -0.39 is 5.60 Å². The molecule has 0 radical (unpaired) electrons. The third-order valence-corrected chi connectivity index (χ3v) is 6.46. The molecule has 4 aromatic rings. The number of piperidine rings is 1.